The molecule has 86 valence electrons. The topological polar surface area (TPSA) is 29.1 Å². The van der Waals surface area contributed by atoms with Gasteiger partial charge in [-0.3, -0.25) is 4.79 Å². The van der Waals surface area contributed by atoms with Crippen LogP contribution in [0.3, 0.4) is 0 Å². The minimum absolute atomic E-state index is 0.0369. The number of hydrogen-bond donors (Lipinski definition) is 1. The third-order valence-electron chi connectivity index (χ3n) is 2.98. The van der Waals surface area contributed by atoms with Gasteiger partial charge in [0, 0.05) is 18.0 Å². The fourth-order valence-electron chi connectivity index (χ4n) is 1.69. The summed E-state index contributed by atoms with van der Waals surface area (Å²) in [4.78, 5) is 11.5. The summed E-state index contributed by atoms with van der Waals surface area (Å²) in [6, 6.07) is 3.68. The highest BCUT2D eigenvalue weighted by molar-refractivity contribution is 5.79. The highest BCUT2D eigenvalue weighted by Crippen LogP contribution is 2.26. The minimum atomic E-state index is -0.617. The molecule has 2 rings (SSSR count). The average molecular weight is 225 g/mol. The molecular weight excluding hydrogens is 212 g/mol. The maximum absolute atomic E-state index is 13.2. The molecule has 0 atom stereocenters. The lowest BCUT2D eigenvalue weighted by molar-refractivity contribution is -0.127. The lowest BCUT2D eigenvalue weighted by atomic mass is 9.85. The highest BCUT2D eigenvalue weighted by Gasteiger charge is 2.25. The van der Waals surface area contributed by atoms with Crippen LogP contribution < -0.4 is 5.32 Å². The summed E-state index contributed by atoms with van der Waals surface area (Å²) in [6.07, 6.45) is 2.82. The molecule has 0 aromatic heterocycles. The van der Waals surface area contributed by atoms with Crippen LogP contribution in [-0.4, -0.2) is 5.91 Å². The first kappa shape index (κ1) is 11.0. The van der Waals surface area contributed by atoms with Crippen LogP contribution >= 0.6 is 0 Å². The first-order chi connectivity index (χ1) is 7.68. The van der Waals surface area contributed by atoms with Crippen LogP contribution in [0.15, 0.2) is 18.2 Å². The second kappa shape index (κ2) is 4.60. The molecule has 1 amide bonds. The quantitative estimate of drug-likeness (QED) is 0.840. The van der Waals surface area contributed by atoms with Crippen LogP contribution in [0.5, 0.6) is 0 Å². The summed E-state index contributed by atoms with van der Waals surface area (Å²) >= 11 is 0. The molecule has 1 aromatic carbocycles. The smallest absolute Gasteiger partial charge is 0.223 e. The van der Waals surface area contributed by atoms with Gasteiger partial charge in [0.05, 0.1) is 0 Å². The van der Waals surface area contributed by atoms with Crippen molar-refractivity contribution in [2.45, 2.75) is 25.8 Å². The first-order valence-electron chi connectivity index (χ1n) is 5.39. The fourth-order valence-corrected chi connectivity index (χ4v) is 1.69. The normalized spacial score (nSPS) is 15.6. The lowest BCUT2D eigenvalue weighted by Gasteiger charge is -2.24. The Hall–Kier alpha value is -1.45. The summed E-state index contributed by atoms with van der Waals surface area (Å²) in [7, 11) is 0. The maximum Gasteiger partial charge on any atom is 0.223 e. The zero-order valence-corrected chi connectivity index (χ0v) is 8.80. The first-order valence-corrected chi connectivity index (χ1v) is 5.39. The van der Waals surface area contributed by atoms with Gasteiger partial charge in [-0.15, -0.1) is 0 Å². The third kappa shape index (κ3) is 2.21. The van der Waals surface area contributed by atoms with Crippen molar-refractivity contribution in [2.24, 2.45) is 5.92 Å². The number of hydrogen-bond acceptors (Lipinski definition) is 1. The van der Waals surface area contributed by atoms with Crippen LogP contribution in [0, 0.1) is 17.6 Å². The van der Waals surface area contributed by atoms with E-state index in [0.29, 0.717) is 0 Å². The molecule has 1 aromatic rings. The average Bonchev–Trinajstić information content (AvgIpc) is 2.14. The molecule has 0 spiro atoms. The van der Waals surface area contributed by atoms with Crippen molar-refractivity contribution in [1.82, 2.24) is 5.32 Å². The predicted octanol–water partition coefficient (Wildman–Crippen LogP) is 2.38. The monoisotopic (exact) mass is 225 g/mol. The predicted molar refractivity (Wildman–Crippen MR) is 55.5 cm³/mol. The van der Waals surface area contributed by atoms with Gasteiger partial charge >= 0.3 is 0 Å². The number of amides is 1. The van der Waals surface area contributed by atoms with E-state index in [-0.39, 0.29) is 23.9 Å². The Morgan fingerprint density at radius 2 is 1.94 bits per heavy atom. The zero-order valence-electron chi connectivity index (χ0n) is 8.80. The van der Waals surface area contributed by atoms with Crippen molar-refractivity contribution in [3.63, 3.8) is 0 Å². The number of rotatable bonds is 3. The number of halogens is 2. The van der Waals surface area contributed by atoms with E-state index in [1.807, 2.05) is 0 Å². The van der Waals surface area contributed by atoms with Gasteiger partial charge < -0.3 is 5.32 Å². The Morgan fingerprint density at radius 3 is 2.44 bits per heavy atom. The van der Waals surface area contributed by atoms with E-state index < -0.39 is 11.6 Å². The molecule has 1 saturated carbocycles. The maximum atomic E-state index is 13.2. The number of benzene rings is 1. The second-order valence-electron chi connectivity index (χ2n) is 4.05. The van der Waals surface area contributed by atoms with Gasteiger partial charge in [0.2, 0.25) is 5.91 Å². The molecule has 0 bridgehead atoms. The van der Waals surface area contributed by atoms with Crippen molar-refractivity contribution in [2.75, 3.05) is 0 Å². The number of carbonyl (C=O) groups is 1. The standard InChI is InChI=1S/C12H13F2NO/c13-10-5-2-6-11(14)9(10)7-15-12(16)8-3-1-4-8/h2,5-6,8H,1,3-4,7H2,(H,15,16). The Kier molecular flexibility index (Phi) is 3.17. The Bertz CT molecular complexity index is 382. The van der Waals surface area contributed by atoms with Crippen molar-refractivity contribution >= 4 is 5.91 Å². The summed E-state index contributed by atoms with van der Waals surface area (Å²) in [6.45, 7) is -0.0756. The molecule has 0 heterocycles. The minimum Gasteiger partial charge on any atom is -0.352 e. The van der Waals surface area contributed by atoms with Crippen LogP contribution in [0.25, 0.3) is 0 Å². The van der Waals surface area contributed by atoms with Crippen molar-refractivity contribution in [3.05, 3.63) is 35.4 Å². The van der Waals surface area contributed by atoms with Crippen LogP contribution in [-0.2, 0) is 11.3 Å². The van der Waals surface area contributed by atoms with Gasteiger partial charge in [-0.2, -0.15) is 0 Å². The van der Waals surface area contributed by atoms with Crippen molar-refractivity contribution in [1.29, 1.82) is 0 Å². The molecule has 2 nitrogen and oxygen atoms in total. The summed E-state index contributed by atoms with van der Waals surface area (Å²) in [5.41, 5.74) is -0.0739. The number of nitrogens with one attached hydrogen (secondary N) is 1. The second-order valence-corrected chi connectivity index (χ2v) is 4.05. The van der Waals surface area contributed by atoms with E-state index in [1.54, 1.807) is 0 Å². The Balaban J connectivity index is 1.96. The van der Waals surface area contributed by atoms with E-state index in [1.165, 1.54) is 18.2 Å². The Labute approximate surface area is 92.7 Å². The largest absolute Gasteiger partial charge is 0.352 e. The zero-order chi connectivity index (χ0) is 11.5. The molecule has 0 saturated heterocycles. The third-order valence-corrected chi connectivity index (χ3v) is 2.98. The molecule has 1 N–H and O–H groups in total. The van der Waals surface area contributed by atoms with Gasteiger partial charge in [-0.25, -0.2) is 8.78 Å². The molecule has 1 aliphatic rings. The van der Waals surface area contributed by atoms with E-state index in [0.717, 1.165) is 19.3 Å². The summed E-state index contributed by atoms with van der Waals surface area (Å²) in [5, 5.41) is 2.56. The summed E-state index contributed by atoms with van der Waals surface area (Å²) in [5.74, 6) is -1.30. The molecule has 0 unspecified atom stereocenters. The van der Waals surface area contributed by atoms with Crippen molar-refractivity contribution in [3.8, 4) is 0 Å². The van der Waals surface area contributed by atoms with Gasteiger partial charge in [0.15, 0.2) is 0 Å². The van der Waals surface area contributed by atoms with Gasteiger partial charge in [-0.1, -0.05) is 12.5 Å². The molecule has 16 heavy (non-hydrogen) atoms. The van der Waals surface area contributed by atoms with E-state index in [2.05, 4.69) is 5.32 Å². The molecular formula is C12H13F2NO. The van der Waals surface area contributed by atoms with E-state index in [4.69, 9.17) is 0 Å². The molecule has 1 fully saturated rings. The highest BCUT2D eigenvalue weighted by atomic mass is 19.1. The van der Waals surface area contributed by atoms with Crippen LogP contribution in [0.4, 0.5) is 8.78 Å². The molecule has 4 heteroatoms. The molecule has 0 radical (unpaired) electrons. The lowest BCUT2D eigenvalue weighted by Crippen LogP contribution is -2.34. The summed E-state index contributed by atoms with van der Waals surface area (Å²) < 4.78 is 26.4. The van der Waals surface area contributed by atoms with Crippen molar-refractivity contribution < 1.29 is 13.6 Å². The van der Waals surface area contributed by atoms with E-state index in [9.17, 15) is 13.6 Å². The van der Waals surface area contributed by atoms with Gasteiger partial charge in [0.1, 0.15) is 11.6 Å². The van der Waals surface area contributed by atoms with Crippen LogP contribution in [0.1, 0.15) is 24.8 Å². The van der Waals surface area contributed by atoms with Gasteiger partial charge in [0.25, 0.3) is 0 Å². The van der Waals surface area contributed by atoms with Crippen LogP contribution in [0.2, 0.25) is 0 Å². The Morgan fingerprint density at radius 1 is 1.31 bits per heavy atom. The molecule has 0 aliphatic heterocycles. The fraction of sp³-hybridized carbons (Fsp3) is 0.417. The SMILES string of the molecule is O=C(NCc1c(F)cccc1F)C1CCC1. The molecule has 1 aliphatic carbocycles. The van der Waals surface area contributed by atoms with Gasteiger partial charge in [-0.05, 0) is 25.0 Å². The number of carbonyl (C=O) groups excluding carboxylic acids is 1. The van der Waals surface area contributed by atoms with E-state index >= 15 is 0 Å².